The number of rotatable bonds is 6. The maximum Gasteiger partial charge on any atom is 0.410 e. The molecule has 1 atom stereocenters. The first kappa shape index (κ1) is 34.0. The van der Waals surface area contributed by atoms with Gasteiger partial charge in [-0.05, 0) is 113 Å². The molecule has 0 aromatic heterocycles. The highest BCUT2D eigenvalue weighted by atomic mass is 79.9. The van der Waals surface area contributed by atoms with Crippen LogP contribution in [0.1, 0.15) is 36.8 Å². The van der Waals surface area contributed by atoms with Crippen molar-refractivity contribution in [1.29, 1.82) is 0 Å². The molecule has 0 unspecified atom stereocenters. The molecule has 11 nitrogen and oxygen atoms in total. The molecule has 4 aliphatic rings. The number of nitrogens with two attached hydrogens (primary N) is 1. The van der Waals surface area contributed by atoms with Crippen molar-refractivity contribution in [2.24, 2.45) is 0 Å². The highest BCUT2D eigenvalue weighted by Gasteiger charge is 2.36. The predicted molar refractivity (Wildman–Crippen MR) is 189 cm³/mol. The van der Waals surface area contributed by atoms with Gasteiger partial charge in [0.1, 0.15) is 0 Å². The number of nitrogen functional groups attached to an aromatic ring is 1. The molecule has 0 spiro atoms. The Bertz CT molecular complexity index is 1430. The fraction of sp³-hybridized carbons (Fsp3) is 0.559. The molecule has 3 fully saturated rings. The number of anilines is 2. The summed E-state index contributed by atoms with van der Waals surface area (Å²) in [4.78, 5) is 51.0. The van der Waals surface area contributed by atoms with Gasteiger partial charge in [-0.25, -0.2) is 9.59 Å². The number of halogens is 2. The van der Waals surface area contributed by atoms with E-state index in [9.17, 15) is 14.4 Å². The van der Waals surface area contributed by atoms with Crippen molar-refractivity contribution in [1.82, 2.24) is 24.5 Å². The molecular formula is C34H45Br2N7O4. The summed E-state index contributed by atoms with van der Waals surface area (Å²) in [5.74, 6) is -0.166. The monoisotopic (exact) mass is 773 g/mol. The standard InChI is InChI=1S/C34H45Br2N7O4/c1-39-11-7-25(8-12-39)40-16-18-41(19-17-40)32(44)30(22-23-20-27(35)31(37)28(36)21-23)47-34(46)42-13-9-26(10-14-42)43-15-6-24-4-2-3-5-29(24)38-33(43)45/h2-5,20-21,25-26,30H,6-19,22,37H2,1H3,(H,38,45)/t30-/m1/s1. The number of hydrogen-bond acceptors (Lipinski definition) is 7. The number of carbonyl (C=O) groups excluding carboxylic acids is 3. The van der Waals surface area contributed by atoms with Crippen LogP contribution < -0.4 is 11.1 Å². The lowest BCUT2D eigenvalue weighted by Gasteiger charge is -2.42. The number of piperidine rings is 2. The van der Waals surface area contributed by atoms with E-state index in [1.807, 2.05) is 46.2 Å². The Kier molecular flexibility index (Phi) is 10.9. The van der Waals surface area contributed by atoms with Crippen molar-refractivity contribution in [3.63, 3.8) is 0 Å². The van der Waals surface area contributed by atoms with Crippen molar-refractivity contribution in [3.8, 4) is 0 Å². The lowest BCUT2D eigenvalue weighted by molar-refractivity contribution is -0.143. The van der Waals surface area contributed by atoms with Crippen LogP contribution in [0.4, 0.5) is 21.0 Å². The van der Waals surface area contributed by atoms with Crippen LogP contribution in [0, 0.1) is 0 Å². The molecule has 13 heteroatoms. The molecule has 254 valence electrons. The first-order chi connectivity index (χ1) is 22.7. The number of likely N-dealkylation sites (tertiary alicyclic amines) is 2. The van der Waals surface area contributed by atoms with Gasteiger partial charge in [0, 0.05) is 79.0 Å². The number of fused-ring (bicyclic) bond motifs is 1. The topological polar surface area (TPSA) is 115 Å². The second-order valence-corrected chi connectivity index (χ2v) is 14.9. The number of carbonyl (C=O) groups is 3. The number of piperazine rings is 1. The van der Waals surface area contributed by atoms with E-state index in [-0.39, 0.29) is 24.4 Å². The molecule has 4 aliphatic heterocycles. The molecule has 0 saturated carbocycles. The van der Waals surface area contributed by atoms with E-state index in [2.05, 4.69) is 54.0 Å². The molecule has 47 heavy (non-hydrogen) atoms. The average Bonchev–Trinajstić information content (AvgIpc) is 3.25. The fourth-order valence-corrected chi connectivity index (χ4v) is 8.60. The van der Waals surface area contributed by atoms with Crippen molar-refractivity contribution in [3.05, 3.63) is 56.5 Å². The van der Waals surface area contributed by atoms with E-state index >= 15 is 0 Å². The third-order valence-corrected chi connectivity index (χ3v) is 11.5. The van der Waals surface area contributed by atoms with Crippen molar-refractivity contribution < 1.29 is 19.1 Å². The second kappa shape index (κ2) is 15.1. The number of urea groups is 1. The van der Waals surface area contributed by atoms with Gasteiger partial charge in [0.2, 0.25) is 0 Å². The minimum absolute atomic E-state index is 0.0242. The van der Waals surface area contributed by atoms with Crippen LogP contribution in [-0.4, -0.2) is 127 Å². The summed E-state index contributed by atoms with van der Waals surface area (Å²) in [6.07, 6.45) is 3.16. The van der Waals surface area contributed by atoms with E-state index in [0.717, 1.165) is 62.3 Å². The summed E-state index contributed by atoms with van der Waals surface area (Å²) in [5.41, 5.74) is 9.52. The lowest BCUT2D eigenvalue weighted by atomic mass is 10.0. The minimum Gasteiger partial charge on any atom is -0.436 e. The van der Waals surface area contributed by atoms with Crippen molar-refractivity contribution in [2.75, 3.05) is 77.0 Å². The second-order valence-electron chi connectivity index (χ2n) is 13.2. The van der Waals surface area contributed by atoms with Gasteiger partial charge >= 0.3 is 12.1 Å². The number of amides is 4. The van der Waals surface area contributed by atoms with Crippen molar-refractivity contribution in [2.45, 2.75) is 56.7 Å². The van der Waals surface area contributed by atoms with Gasteiger partial charge in [0.05, 0.1) is 5.69 Å². The largest absolute Gasteiger partial charge is 0.436 e. The van der Waals surface area contributed by atoms with Gasteiger partial charge in [-0.2, -0.15) is 0 Å². The molecule has 4 heterocycles. The van der Waals surface area contributed by atoms with Crippen molar-refractivity contribution >= 4 is 61.3 Å². The molecular weight excluding hydrogens is 730 g/mol. The Morgan fingerprint density at radius 3 is 2.21 bits per heavy atom. The van der Waals surface area contributed by atoms with E-state index in [1.54, 1.807) is 4.90 Å². The summed E-state index contributed by atoms with van der Waals surface area (Å²) >= 11 is 7.02. The number of benzene rings is 2. The Labute approximate surface area is 294 Å². The quantitative estimate of drug-likeness (QED) is 0.412. The van der Waals surface area contributed by atoms with E-state index in [0.29, 0.717) is 66.2 Å². The third-order valence-electron chi connectivity index (χ3n) is 10.2. The van der Waals surface area contributed by atoms with Gasteiger partial charge in [0.15, 0.2) is 6.10 Å². The molecule has 4 amide bonds. The van der Waals surface area contributed by atoms with Crippen LogP contribution in [0.2, 0.25) is 0 Å². The molecule has 2 aromatic carbocycles. The zero-order valence-corrected chi connectivity index (χ0v) is 30.2. The van der Waals surface area contributed by atoms with Crippen LogP contribution >= 0.6 is 31.9 Å². The molecule has 0 aliphatic carbocycles. The molecule has 6 rings (SSSR count). The Hall–Kier alpha value is -2.87. The number of ether oxygens (including phenoxy) is 1. The smallest absolute Gasteiger partial charge is 0.410 e. The van der Waals surface area contributed by atoms with Crippen LogP contribution in [0.3, 0.4) is 0 Å². The summed E-state index contributed by atoms with van der Waals surface area (Å²) < 4.78 is 7.49. The summed E-state index contributed by atoms with van der Waals surface area (Å²) in [7, 11) is 2.17. The van der Waals surface area contributed by atoms with Gasteiger partial charge in [-0.15, -0.1) is 0 Å². The van der Waals surface area contributed by atoms with Crippen LogP contribution in [0.25, 0.3) is 0 Å². The molecule has 0 radical (unpaired) electrons. The van der Waals surface area contributed by atoms with Gasteiger partial charge in [-0.3, -0.25) is 9.69 Å². The summed E-state index contributed by atoms with van der Waals surface area (Å²) in [6.45, 7) is 6.61. The Morgan fingerprint density at radius 2 is 1.53 bits per heavy atom. The van der Waals surface area contributed by atoms with Crippen LogP contribution in [0.5, 0.6) is 0 Å². The lowest BCUT2D eigenvalue weighted by Crippen LogP contribution is -2.56. The maximum absolute atomic E-state index is 14.0. The zero-order chi connectivity index (χ0) is 33.1. The summed E-state index contributed by atoms with van der Waals surface area (Å²) in [5, 5.41) is 3.05. The van der Waals surface area contributed by atoms with Crippen LogP contribution in [-0.2, 0) is 22.4 Å². The maximum atomic E-state index is 14.0. The normalized spacial score (nSPS) is 21.2. The third kappa shape index (κ3) is 8.06. The Balaban J connectivity index is 1.08. The van der Waals surface area contributed by atoms with Gasteiger partial charge < -0.3 is 35.4 Å². The fourth-order valence-electron chi connectivity index (χ4n) is 7.31. The summed E-state index contributed by atoms with van der Waals surface area (Å²) in [6, 6.07) is 12.1. The minimum atomic E-state index is -0.965. The number of para-hydroxylation sites is 1. The molecule has 0 bridgehead atoms. The van der Waals surface area contributed by atoms with Gasteiger partial charge in [-0.1, -0.05) is 18.2 Å². The van der Waals surface area contributed by atoms with Crippen LogP contribution in [0.15, 0.2) is 45.3 Å². The highest BCUT2D eigenvalue weighted by molar-refractivity contribution is 9.11. The van der Waals surface area contributed by atoms with E-state index in [1.165, 1.54) is 0 Å². The highest BCUT2D eigenvalue weighted by Crippen LogP contribution is 2.31. The Morgan fingerprint density at radius 1 is 0.894 bits per heavy atom. The SMILES string of the molecule is CN1CCC(N2CCN(C(=O)[C@@H](Cc3cc(Br)c(N)c(Br)c3)OC(=O)N3CCC(N4CCc5ccccc5NC4=O)CC3)CC2)CC1. The van der Waals surface area contributed by atoms with Gasteiger partial charge in [0.25, 0.3) is 5.91 Å². The first-order valence-corrected chi connectivity index (χ1v) is 18.3. The molecule has 3 saturated heterocycles. The number of nitrogens with one attached hydrogen (secondary N) is 1. The number of nitrogens with zero attached hydrogens (tertiary/aromatic N) is 5. The number of hydrogen-bond donors (Lipinski definition) is 2. The van der Waals surface area contributed by atoms with E-state index < -0.39 is 12.2 Å². The first-order valence-electron chi connectivity index (χ1n) is 16.7. The zero-order valence-electron chi connectivity index (χ0n) is 27.0. The predicted octanol–water partition coefficient (Wildman–Crippen LogP) is 4.63. The molecule has 3 N–H and O–H groups in total. The van der Waals surface area contributed by atoms with E-state index in [4.69, 9.17) is 10.5 Å². The molecule has 2 aromatic rings. The average molecular weight is 776 g/mol.